The molecule has 0 fully saturated rings. The van der Waals surface area contributed by atoms with Crippen LogP contribution in [0.1, 0.15) is 13.8 Å². The average molecular weight is 230 g/mol. The predicted molar refractivity (Wildman–Crippen MR) is 52.3 cm³/mol. The number of rotatable bonds is 2. The largest absolute Gasteiger partial charge is 0.455 e. The van der Waals surface area contributed by atoms with Crippen LogP contribution >= 0.6 is 0 Å². The van der Waals surface area contributed by atoms with Crippen molar-refractivity contribution in [2.75, 3.05) is 0 Å². The van der Waals surface area contributed by atoms with Crippen LogP contribution < -0.4 is 0 Å². The second-order valence-corrected chi connectivity index (χ2v) is 3.51. The number of carbonyl (C=O) groups is 2. The minimum atomic E-state index is -1.31. The summed E-state index contributed by atoms with van der Waals surface area (Å²) in [6, 6.07) is 0. The first-order valence-corrected chi connectivity index (χ1v) is 4.80. The third-order valence-electron chi connectivity index (χ3n) is 2.11. The number of esters is 2. The van der Waals surface area contributed by atoms with Crippen molar-refractivity contribution in [1.29, 1.82) is 0 Å². The lowest BCUT2D eigenvalue weighted by Crippen LogP contribution is -2.49. The number of aliphatic hydroxyl groups excluding tert-OH is 2. The topological polar surface area (TPSA) is 93.1 Å². The van der Waals surface area contributed by atoms with E-state index in [9.17, 15) is 19.8 Å². The van der Waals surface area contributed by atoms with E-state index in [4.69, 9.17) is 9.47 Å². The monoisotopic (exact) mass is 230 g/mol. The molecular formula is C10H14O6. The van der Waals surface area contributed by atoms with E-state index in [1.54, 1.807) is 0 Å². The quantitative estimate of drug-likeness (QED) is 0.473. The van der Waals surface area contributed by atoms with Crippen molar-refractivity contribution in [3.8, 4) is 0 Å². The van der Waals surface area contributed by atoms with Crippen LogP contribution in [0, 0.1) is 0 Å². The molecule has 0 aromatic heterocycles. The van der Waals surface area contributed by atoms with Crippen LogP contribution in [0.5, 0.6) is 0 Å². The lowest BCUT2D eigenvalue weighted by atomic mass is 9.96. The molecule has 1 rings (SSSR count). The van der Waals surface area contributed by atoms with Crippen LogP contribution in [0.3, 0.4) is 0 Å². The Morgan fingerprint density at radius 3 is 2.12 bits per heavy atom. The van der Waals surface area contributed by atoms with Gasteiger partial charge in [-0.2, -0.15) is 0 Å². The zero-order valence-electron chi connectivity index (χ0n) is 8.99. The Kier molecular flexibility index (Phi) is 4.03. The summed E-state index contributed by atoms with van der Waals surface area (Å²) in [5, 5.41) is 18.9. The molecule has 0 radical (unpaired) electrons. The third kappa shape index (κ3) is 3.04. The Morgan fingerprint density at radius 2 is 1.62 bits per heavy atom. The lowest BCUT2D eigenvalue weighted by molar-refractivity contribution is -0.176. The van der Waals surface area contributed by atoms with Crippen molar-refractivity contribution in [2.45, 2.75) is 38.3 Å². The Hall–Kier alpha value is -1.40. The summed E-state index contributed by atoms with van der Waals surface area (Å²) >= 11 is 0. The lowest BCUT2D eigenvalue weighted by Gasteiger charge is -2.32. The Labute approximate surface area is 92.5 Å². The molecule has 16 heavy (non-hydrogen) atoms. The van der Waals surface area contributed by atoms with E-state index in [0.717, 1.165) is 0 Å². The van der Waals surface area contributed by atoms with E-state index in [0.29, 0.717) is 0 Å². The van der Waals surface area contributed by atoms with Gasteiger partial charge >= 0.3 is 11.9 Å². The summed E-state index contributed by atoms with van der Waals surface area (Å²) in [4.78, 5) is 21.6. The van der Waals surface area contributed by atoms with E-state index < -0.39 is 36.4 Å². The third-order valence-corrected chi connectivity index (χ3v) is 2.11. The molecular weight excluding hydrogens is 216 g/mol. The second kappa shape index (κ2) is 5.09. The van der Waals surface area contributed by atoms with Crippen molar-refractivity contribution in [3.05, 3.63) is 12.2 Å². The Balaban J connectivity index is 2.81. The molecule has 0 aliphatic heterocycles. The molecule has 4 atom stereocenters. The van der Waals surface area contributed by atoms with E-state index in [1.165, 1.54) is 26.0 Å². The highest BCUT2D eigenvalue weighted by Gasteiger charge is 2.38. The molecule has 6 heteroatoms. The van der Waals surface area contributed by atoms with Gasteiger partial charge < -0.3 is 19.7 Å². The smallest absolute Gasteiger partial charge is 0.303 e. The van der Waals surface area contributed by atoms with Gasteiger partial charge in [-0.25, -0.2) is 0 Å². The first kappa shape index (κ1) is 12.7. The molecule has 90 valence electrons. The molecule has 6 nitrogen and oxygen atoms in total. The van der Waals surface area contributed by atoms with E-state index >= 15 is 0 Å². The molecule has 0 unspecified atom stereocenters. The summed E-state index contributed by atoms with van der Waals surface area (Å²) < 4.78 is 9.66. The number of aliphatic hydroxyl groups is 2. The fourth-order valence-electron chi connectivity index (χ4n) is 1.46. The van der Waals surface area contributed by atoms with Crippen LogP contribution in [-0.4, -0.2) is 46.6 Å². The summed E-state index contributed by atoms with van der Waals surface area (Å²) in [7, 11) is 0. The summed E-state index contributed by atoms with van der Waals surface area (Å²) in [5.41, 5.74) is 0. The first-order chi connectivity index (χ1) is 7.41. The van der Waals surface area contributed by atoms with Crippen molar-refractivity contribution < 1.29 is 29.3 Å². The summed E-state index contributed by atoms with van der Waals surface area (Å²) in [5.74, 6) is -1.18. The van der Waals surface area contributed by atoms with Gasteiger partial charge in [0.2, 0.25) is 0 Å². The molecule has 0 bridgehead atoms. The fourth-order valence-corrected chi connectivity index (χ4v) is 1.46. The molecule has 0 saturated heterocycles. The SMILES string of the molecule is CC(=O)O[C@H]1[C@H](O)[C@H](O)C=C[C@@H]1OC(C)=O. The van der Waals surface area contributed by atoms with Crippen LogP contribution in [0.2, 0.25) is 0 Å². The van der Waals surface area contributed by atoms with Gasteiger partial charge in [0.1, 0.15) is 12.2 Å². The molecule has 0 amide bonds. The molecule has 0 heterocycles. The van der Waals surface area contributed by atoms with Crippen molar-refractivity contribution in [3.63, 3.8) is 0 Å². The van der Waals surface area contributed by atoms with Gasteiger partial charge in [0.15, 0.2) is 12.2 Å². The number of hydrogen-bond acceptors (Lipinski definition) is 6. The Morgan fingerprint density at radius 1 is 1.06 bits per heavy atom. The van der Waals surface area contributed by atoms with Gasteiger partial charge in [0, 0.05) is 13.8 Å². The minimum Gasteiger partial charge on any atom is -0.455 e. The van der Waals surface area contributed by atoms with Crippen LogP contribution in [0.4, 0.5) is 0 Å². The highest BCUT2D eigenvalue weighted by Crippen LogP contribution is 2.19. The molecule has 1 aliphatic rings. The summed E-state index contributed by atoms with van der Waals surface area (Å²) in [6.07, 6.45) is -1.74. The standard InChI is InChI=1S/C10H14O6/c1-5(11)15-8-4-3-7(13)9(14)10(8)16-6(2)12/h3-4,7-10,13-14H,1-2H3/t7-,8+,9-,10-/m1/s1. The van der Waals surface area contributed by atoms with Gasteiger partial charge in [-0.05, 0) is 6.08 Å². The molecule has 0 saturated carbocycles. The highest BCUT2D eigenvalue weighted by molar-refractivity contribution is 5.67. The van der Waals surface area contributed by atoms with Crippen molar-refractivity contribution in [2.24, 2.45) is 0 Å². The van der Waals surface area contributed by atoms with E-state index in [1.807, 2.05) is 0 Å². The normalized spacial score (nSPS) is 33.2. The van der Waals surface area contributed by atoms with Gasteiger partial charge in [0.05, 0.1) is 0 Å². The highest BCUT2D eigenvalue weighted by atomic mass is 16.6. The first-order valence-electron chi connectivity index (χ1n) is 4.80. The molecule has 0 aromatic carbocycles. The van der Waals surface area contributed by atoms with E-state index in [-0.39, 0.29) is 0 Å². The zero-order chi connectivity index (χ0) is 12.3. The Bertz CT molecular complexity index is 310. The molecule has 2 N–H and O–H groups in total. The maximum Gasteiger partial charge on any atom is 0.303 e. The number of hydrogen-bond donors (Lipinski definition) is 2. The van der Waals surface area contributed by atoms with Gasteiger partial charge in [-0.1, -0.05) is 6.08 Å². The number of ether oxygens (including phenoxy) is 2. The van der Waals surface area contributed by atoms with Crippen molar-refractivity contribution in [1.82, 2.24) is 0 Å². The van der Waals surface area contributed by atoms with Gasteiger partial charge in [-0.15, -0.1) is 0 Å². The van der Waals surface area contributed by atoms with E-state index in [2.05, 4.69) is 0 Å². The van der Waals surface area contributed by atoms with Crippen LogP contribution in [0.15, 0.2) is 12.2 Å². The van der Waals surface area contributed by atoms with Gasteiger partial charge in [0.25, 0.3) is 0 Å². The molecule has 0 aromatic rings. The maximum atomic E-state index is 10.8. The van der Waals surface area contributed by atoms with Gasteiger partial charge in [-0.3, -0.25) is 9.59 Å². The molecule has 1 aliphatic carbocycles. The van der Waals surface area contributed by atoms with Crippen LogP contribution in [0.25, 0.3) is 0 Å². The second-order valence-electron chi connectivity index (χ2n) is 3.51. The predicted octanol–water partition coefficient (Wildman–Crippen LogP) is -0.859. The average Bonchev–Trinajstić information content (AvgIpc) is 2.16. The summed E-state index contributed by atoms with van der Waals surface area (Å²) in [6.45, 7) is 2.37. The maximum absolute atomic E-state index is 10.8. The van der Waals surface area contributed by atoms with Crippen LogP contribution in [-0.2, 0) is 19.1 Å². The minimum absolute atomic E-state index is 0.560. The molecule has 0 spiro atoms. The fraction of sp³-hybridized carbons (Fsp3) is 0.600. The van der Waals surface area contributed by atoms with Crippen molar-refractivity contribution >= 4 is 11.9 Å². The zero-order valence-corrected chi connectivity index (χ0v) is 8.99. The number of carbonyl (C=O) groups excluding carboxylic acids is 2.